The van der Waals surface area contributed by atoms with E-state index in [0.717, 1.165) is 37.8 Å². The SMILES string of the molecule is CS(=O)(=O)NC(=O)c1ccc2c(C3CCCCC3)c3n(c2c1)CCCn1cc(CN2CCCCC2)c2cccc-3c21. The molecule has 0 radical (unpaired) electrons. The minimum Gasteiger partial charge on any atom is -0.347 e. The molecule has 2 aromatic carbocycles. The predicted octanol–water partition coefficient (Wildman–Crippen LogP) is 6.39. The van der Waals surface area contributed by atoms with E-state index >= 15 is 0 Å². The number of para-hydroxylation sites is 1. The lowest BCUT2D eigenvalue weighted by atomic mass is 9.81. The van der Waals surface area contributed by atoms with Crippen molar-refractivity contribution in [3.8, 4) is 11.3 Å². The minimum absolute atomic E-state index is 0.380. The van der Waals surface area contributed by atoms with Crippen molar-refractivity contribution >= 4 is 37.7 Å². The Balaban J connectivity index is 1.43. The lowest BCUT2D eigenvalue weighted by molar-refractivity contribution is 0.0981. The van der Waals surface area contributed by atoms with Crippen LogP contribution in [-0.2, 0) is 29.7 Å². The molecule has 8 heteroatoms. The van der Waals surface area contributed by atoms with Gasteiger partial charge in [-0.25, -0.2) is 13.1 Å². The van der Waals surface area contributed by atoms with Gasteiger partial charge in [-0.15, -0.1) is 0 Å². The summed E-state index contributed by atoms with van der Waals surface area (Å²) in [6.07, 6.45) is 14.5. The highest BCUT2D eigenvalue weighted by Gasteiger charge is 2.30. The largest absolute Gasteiger partial charge is 0.347 e. The molecule has 1 aliphatic carbocycles. The molecular weight excluding hydrogens is 532 g/mol. The van der Waals surface area contributed by atoms with Crippen LogP contribution in [0.5, 0.6) is 0 Å². The number of benzene rings is 2. The van der Waals surface area contributed by atoms with Gasteiger partial charge in [0.05, 0.1) is 17.5 Å². The molecule has 2 aromatic heterocycles. The molecule has 2 fully saturated rings. The van der Waals surface area contributed by atoms with Gasteiger partial charge in [0.1, 0.15) is 0 Å². The van der Waals surface area contributed by atoms with Crippen LogP contribution in [0.25, 0.3) is 33.1 Å². The molecule has 1 amide bonds. The second-order valence-electron chi connectivity index (χ2n) is 12.4. The van der Waals surface area contributed by atoms with Crippen molar-refractivity contribution in [2.24, 2.45) is 0 Å². The Morgan fingerprint density at radius 2 is 1.68 bits per heavy atom. The zero-order valence-electron chi connectivity index (χ0n) is 24.0. The number of hydrogen-bond donors (Lipinski definition) is 1. The summed E-state index contributed by atoms with van der Waals surface area (Å²) in [6.45, 7) is 5.17. The zero-order chi connectivity index (χ0) is 28.1. The summed E-state index contributed by atoms with van der Waals surface area (Å²) in [7, 11) is -3.65. The number of rotatable bonds is 5. The Morgan fingerprint density at radius 3 is 2.46 bits per heavy atom. The first-order valence-electron chi connectivity index (χ1n) is 15.4. The van der Waals surface area contributed by atoms with Crippen LogP contribution in [0.3, 0.4) is 0 Å². The summed E-state index contributed by atoms with van der Waals surface area (Å²) >= 11 is 0. The van der Waals surface area contributed by atoms with Crippen molar-refractivity contribution in [3.63, 3.8) is 0 Å². The standard InChI is InChI=1S/C33H40N4O3S/c1-41(39,40)34-33(38)24-14-15-27-29(20-24)37-19-9-18-36-22-25(21-35-16-6-3-7-17-35)26-12-8-13-28(31(26)36)32(37)30(27)23-10-4-2-5-11-23/h8,12-15,20,22-23H,2-7,9-11,16-19,21H2,1H3,(H,34,38). The highest BCUT2D eigenvalue weighted by Crippen LogP contribution is 2.47. The van der Waals surface area contributed by atoms with Crippen LogP contribution in [0.15, 0.2) is 42.6 Å². The number of piperidine rings is 1. The lowest BCUT2D eigenvalue weighted by Gasteiger charge is -2.26. The van der Waals surface area contributed by atoms with Gasteiger partial charge >= 0.3 is 0 Å². The Kier molecular flexibility index (Phi) is 6.94. The molecule has 1 saturated carbocycles. The Bertz CT molecular complexity index is 1740. The van der Waals surface area contributed by atoms with Crippen molar-refractivity contribution in [2.75, 3.05) is 19.3 Å². The fourth-order valence-electron chi connectivity index (χ4n) is 7.76. The van der Waals surface area contributed by atoms with E-state index in [-0.39, 0.29) is 0 Å². The van der Waals surface area contributed by atoms with E-state index in [1.165, 1.54) is 103 Å². The van der Waals surface area contributed by atoms with Crippen molar-refractivity contribution < 1.29 is 13.2 Å². The number of carbonyl (C=O) groups is 1. The van der Waals surface area contributed by atoms with Gasteiger partial charge in [0, 0.05) is 53.2 Å². The molecule has 7 nitrogen and oxygen atoms in total. The van der Waals surface area contributed by atoms with E-state index < -0.39 is 15.9 Å². The average Bonchev–Trinajstić information content (AvgIpc) is 3.47. The first-order valence-corrected chi connectivity index (χ1v) is 17.3. The lowest BCUT2D eigenvalue weighted by Crippen LogP contribution is -2.29. The molecule has 2 aliphatic heterocycles. The molecule has 0 spiro atoms. The van der Waals surface area contributed by atoms with Gasteiger partial charge in [0.25, 0.3) is 5.91 Å². The van der Waals surface area contributed by atoms with Crippen molar-refractivity contribution in [1.82, 2.24) is 18.8 Å². The number of sulfonamides is 1. The summed E-state index contributed by atoms with van der Waals surface area (Å²) in [5, 5.41) is 2.56. The molecule has 0 atom stereocenters. The molecule has 3 aliphatic rings. The summed E-state index contributed by atoms with van der Waals surface area (Å²) < 4.78 is 30.7. The maximum absolute atomic E-state index is 12.9. The van der Waals surface area contributed by atoms with Crippen LogP contribution in [0.4, 0.5) is 0 Å². The third-order valence-corrected chi connectivity index (χ3v) is 10.1. The molecule has 41 heavy (non-hydrogen) atoms. The molecule has 1 N–H and O–H groups in total. The number of likely N-dealkylation sites (tertiary alicyclic amines) is 1. The minimum atomic E-state index is -3.65. The molecule has 0 bridgehead atoms. The highest BCUT2D eigenvalue weighted by molar-refractivity contribution is 7.89. The number of fused-ring (bicyclic) bond motifs is 4. The van der Waals surface area contributed by atoms with Crippen LogP contribution < -0.4 is 4.72 Å². The predicted molar refractivity (Wildman–Crippen MR) is 165 cm³/mol. The summed E-state index contributed by atoms with van der Waals surface area (Å²) in [4.78, 5) is 15.5. The van der Waals surface area contributed by atoms with Crippen molar-refractivity contribution in [2.45, 2.75) is 83.3 Å². The van der Waals surface area contributed by atoms with Gasteiger partial charge < -0.3 is 9.13 Å². The Morgan fingerprint density at radius 1 is 0.902 bits per heavy atom. The van der Waals surface area contributed by atoms with E-state index in [9.17, 15) is 13.2 Å². The van der Waals surface area contributed by atoms with Crippen LogP contribution in [0.1, 0.15) is 85.2 Å². The number of aromatic nitrogens is 2. The summed E-state index contributed by atoms with van der Waals surface area (Å²) in [5.41, 5.74) is 8.16. The maximum atomic E-state index is 12.9. The Labute approximate surface area is 242 Å². The van der Waals surface area contributed by atoms with Gasteiger partial charge in [-0.2, -0.15) is 0 Å². The van der Waals surface area contributed by atoms with Crippen LogP contribution in [0.2, 0.25) is 0 Å². The average molecular weight is 573 g/mol. The number of nitrogens with zero attached hydrogens (tertiary/aromatic N) is 3. The second-order valence-corrected chi connectivity index (χ2v) is 14.2. The van der Waals surface area contributed by atoms with Gasteiger partial charge in [-0.05, 0) is 74.4 Å². The number of carbonyl (C=O) groups excluding carboxylic acids is 1. The van der Waals surface area contributed by atoms with Crippen LogP contribution >= 0.6 is 0 Å². The van der Waals surface area contributed by atoms with E-state index in [0.29, 0.717) is 11.5 Å². The first-order chi connectivity index (χ1) is 19.9. The quantitative estimate of drug-likeness (QED) is 0.301. The van der Waals surface area contributed by atoms with Crippen LogP contribution in [-0.4, -0.2) is 47.7 Å². The first kappa shape index (κ1) is 26.8. The van der Waals surface area contributed by atoms with Crippen molar-refractivity contribution in [1.29, 1.82) is 0 Å². The fraction of sp³-hybridized carbons (Fsp3) is 0.485. The summed E-state index contributed by atoms with van der Waals surface area (Å²) in [5.74, 6) is -0.0996. The van der Waals surface area contributed by atoms with E-state index in [2.05, 4.69) is 49.2 Å². The zero-order valence-corrected chi connectivity index (χ0v) is 24.8. The molecule has 1 saturated heterocycles. The van der Waals surface area contributed by atoms with Crippen LogP contribution in [0, 0.1) is 0 Å². The molecule has 4 heterocycles. The molecule has 7 rings (SSSR count). The van der Waals surface area contributed by atoms with E-state index in [1.54, 1.807) is 6.07 Å². The number of nitrogens with one attached hydrogen (secondary N) is 1. The number of aryl methyl sites for hydroxylation is 2. The second kappa shape index (κ2) is 10.6. The fourth-order valence-corrected chi connectivity index (χ4v) is 8.21. The number of hydrogen-bond acceptors (Lipinski definition) is 4. The van der Waals surface area contributed by atoms with E-state index in [4.69, 9.17) is 0 Å². The molecular formula is C33H40N4O3S. The highest BCUT2D eigenvalue weighted by atomic mass is 32.2. The normalized spacial score (nSPS) is 18.8. The monoisotopic (exact) mass is 572 g/mol. The van der Waals surface area contributed by atoms with Crippen molar-refractivity contribution in [3.05, 3.63) is 59.3 Å². The van der Waals surface area contributed by atoms with Gasteiger partial charge in [0.15, 0.2) is 0 Å². The topological polar surface area (TPSA) is 76.3 Å². The third-order valence-electron chi connectivity index (χ3n) is 9.52. The molecule has 216 valence electrons. The summed E-state index contributed by atoms with van der Waals surface area (Å²) in [6, 6.07) is 12.6. The van der Waals surface area contributed by atoms with Gasteiger partial charge in [0.2, 0.25) is 10.0 Å². The third kappa shape index (κ3) is 4.99. The molecule has 4 aromatic rings. The van der Waals surface area contributed by atoms with Gasteiger partial charge in [-0.3, -0.25) is 9.69 Å². The van der Waals surface area contributed by atoms with E-state index in [1.807, 2.05) is 6.07 Å². The molecule has 0 unspecified atom stereocenters. The number of amides is 1. The van der Waals surface area contributed by atoms with Gasteiger partial charge in [-0.1, -0.05) is 49.9 Å². The maximum Gasteiger partial charge on any atom is 0.264 e. The smallest absolute Gasteiger partial charge is 0.264 e. The Hall–Kier alpha value is -3.10.